The van der Waals surface area contributed by atoms with Crippen LogP contribution in [0.4, 0.5) is 5.69 Å². The van der Waals surface area contributed by atoms with Gasteiger partial charge in [-0.05, 0) is 36.5 Å². The van der Waals surface area contributed by atoms with Gasteiger partial charge in [-0.2, -0.15) is 0 Å². The second kappa shape index (κ2) is 4.40. The summed E-state index contributed by atoms with van der Waals surface area (Å²) in [6.45, 7) is 1.37. The first kappa shape index (κ1) is 10.1. The Bertz CT molecular complexity index is 343. The van der Waals surface area contributed by atoms with E-state index in [1.165, 1.54) is 25.0 Å². The molecule has 0 radical (unpaired) electrons. The highest BCUT2D eigenvalue weighted by Gasteiger charge is 2.20. The van der Waals surface area contributed by atoms with Crippen LogP contribution in [0.15, 0.2) is 24.3 Å². The number of nitrogens with zero attached hydrogens (tertiary/aromatic N) is 1. The third-order valence-corrected chi connectivity index (χ3v) is 2.47. The molecular weight excluding hydrogens is 194 g/mol. The third-order valence-electron chi connectivity index (χ3n) is 2.47. The van der Waals surface area contributed by atoms with E-state index in [9.17, 15) is 10.1 Å². The van der Waals surface area contributed by atoms with Crippen molar-refractivity contribution >= 4 is 5.69 Å². The second-order valence-electron chi connectivity index (χ2n) is 3.88. The molecule has 0 aromatic heterocycles. The molecule has 0 amide bonds. The highest BCUT2D eigenvalue weighted by molar-refractivity contribution is 5.32. The van der Waals surface area contributed by atoms with E-state index in [2.05, 4.69) is 0 Å². The zero-order chi connectivity index (χ0) is 10.7. The average Bonchev–Trinajstić information content (AvgIpc) is 3.02. The van der Waals surface area contributed by atoms with E-state index in [4.69, 9.17) is 4.74 Å². The van der Waals surface area contributed by atoms with Crippen LogP contribution >= 0.6 is 0 Å². The fourth-order valence-corrected chi connectivity index (χ4v) is 1.34. The summed E-state index contributed by atoms with van der Waals surface area (Å²) in [5.41, 5.74) is 1.11. The van der Waals surface area contributed by atoms with Crippen LogP contribution in [0.3, 0.4) is 0 Å². The smallest absolute Gasteiger partial charge is 0.269 e. The van der Waals surface area contributed by atoms with Gasteiger partial charge < -0.3 is 4.74 Å². The maximum absolute atomic E-state index is 10.4. The molecule has 1 aliphatic carbocycles. The van der Waals surface area contributed by atoms with Gasteiger partial charge in [-0.1, -0.05) is 0 Å². The lowest BCUT2D eigenvalue weighted by molar-refractivity contribution is -0.384. The van der Waals surface area contributed by atoms with Crippen LogP contribution in [0, 0.1) is 16.0 Å². The van der Waals surface area contributed by atoms with Crippen molar-refractivity contribution in [2.45, 2.75) is 19.4 Å². The molecule has 0 aliphatic heterocycles. The third kappa shape index (κ3) is 3.02. The number of hydrogen-bond donors (Lipinski definition) is 0. The van der Waals surface area contributed by atoms with Crippen LogP contribution in [-0.4, -0.2) is 11.5 Å². The van der Waals surface area contributed by atoms with Gasteiger partial charge in [-0.15, -0.1) is 0 Å². The summed E-state index contributed by atoms with van der Waals surface area (Å²) < 4.78 is 5.47. The molecule has 1 aromatic rings. The van der Waals surface area contributed by atoms with Gasteiger partial charge in [0, 0.05) is 18.7 Å². The van der Waals surface area contributed by atoms with Crippen LogP contribution in [0.2, 0.25) is 0 Å². The summed E-state index contributed by atoms with van der Waals surface area (Å²) in [4.78, 5) is 10.0. The van der Waals surface area contributed by atoms with E-state index < -0.39 is 4.92 Å². The Balaban J connectivity index is 1.83. The molecule has 0 saturated heterocycles. The second-order valence-corrected chi connectivity index (χ2v) is 3.88. The Kier molecular flexibility index (Phi) is 2.97. The Morgan fingerprint density at radius 2 is 2.00 bits per heavy atom. The molecule has 2 rings (SSSR count). The molecule has 0 unspecified atom stereocenters. The van der Waals surface area contributed by atoms with Gasteiger partial charge in [-0.3, -0.25) is 10.1 Å². The molecule has 1 saturated carbocycles. The van der Waals surface area contributed by atoms with Gasteiger partial charge in [0.1, 0.15) is 0 Å². The molecule has 15 heavy (non-hydrogen) atoms. The number of hydrogen-bond acceptors (Lipinski definition) is 3. The molecule has 80 valence electrons. The van der Waals surface area contributed by atoms with Crippen molar-refractivity contribution in [1.82, 2.24) is 0 Å². The van der Waals surface area contributed by atoms with Gasteiger partial charge in [0.05, 0.1) is 11.5 Å². The highest BCUT2D eigenvalue weighted by atomic mass is 16.6. The molecule has 0 heterocycles. The quantitative estimate of drug-likeness (QED) is 0.550. The molecule has 1 fully saturated rings. The molecule has 0 bridgehead atoms. The number of non-ortho nitro benzene ring substituents is 1. The molecule has 1 aromatic carbocycles. The summed E-state index contributed by atoms with van der Waals surface area (Å²) in [6, 6.07) is 6.50. The zero-order valence-corrected chi connectivity index (χ0v) is 8.39. The lowest BCUT2D eigenvalue weighted by Crippen LogP contribution is -1.97. The van der Waals surface area contributed by atoms with Gasteiger partial charge >= 0.3 is 0 Å². The zero-order valence-electron chi connectivity index (χ0n) is 8.39. The van der Waals surface area contributed by atoms with Gasteiger partial charge in [0.15, 0.2) is 0 Å². The van der Waals surface area contributed by atoms with E-state index >= 15 is 0 Å². The van der Waals surface area contributed by atoms with Gasteiger partial charge in [0.2, 0.25) is 0 Å². The first-order valence-corrected chi connectivity index (χ1v) is 5.07. The predicted molar refractivity (Wildman–Crippen MR) is 55.5 cm³/mol. The summed E-state index contributed by atoms with van der Waals surface area (Å²) >= 11 is 0. The van der Waals surface area contributed by atoms with Crippen LogP contribution in [0.5, 0.6) is 0 Å². The van der Waals surface area contributed by atoms with E-state index in [1.54, 1.807) is 12.1 Å². The fourth-order valence-electron chi connectivity index (χ4n) is 1.34. The van der Waals surface area contributed by atoms with E-state index in [0.717, 1.165) is 18.1 Å². The van der Waals surface area contributed by atoms with Crippen molar-refractivity contribution in [1.29, 1.82) is 0 Å². The van der Waals surface area contributed by atoms with Gasteiger partial charge in [-0.25, -0.2) is 0 Å². The molecular formula is C11H13NO3. The number of ether oxygens (including phenoxy) is 1. The van der Waals surface area contributed by atoms with E-state index in [-0.39, 0.29) is 5.69 Å². The standard InChI is InChI=1S/C11H13NO3/c13-12(14)11-5-3-10(4-6-11)8-15-7-9-1-2-9/h3-6,9H,1-2,7-8H2. The minimum Gasteiger partial charge on any atom is -0.376 e. The van der Waals surface area contributed by atoms with Crippen molar-refractivity contribution in [3.8, 4) is 0 Å². The van der Waals surface area contributed by atoms with E-state index in [1.807, 2.05) is 0 Å². The normalized spacial score (nSPS) is 15.2. The summed E-state index contributed by atoms with van der Waals surface area (Å²) in [7, 11) is 0. The monoisotopic (exact) mass is 207 g/mol. The summed E-state index contributed by atoms with van der Waals surface area (Å²) in [5.74, 6) is 0.753. The Morgan fingerprint density at radius 1 is 1.33 bits per heavy atom. The molecule has 1 aliphatic rings. The van der Waals surface area contributed by atoms with Crippen molar-refractivity contribution in [2.24, 2.45) is 5.92 Å². The van der Waals surface area contributed by atoms with Crippen LogP contribution in [0.25, 0.3) is 0 Å². The van der Waals surface area contributed by atoms with Crippen LogP contribution in [-0.2, 0) is 11.3 Å². The Morgan fingerprint density at radius 3 is 2.53 bits per heavy atom. The van der Waals surface area contributed by atoms with E-state index in [0.29, 0.717) is 6.61 Å². The van der Waals surface area contributed by atoms with Gasteiger partial charge in [0.25, 0.3) is 5.69 Å². The molecule has 0 spiro atoms. The SMILES string of the molecule is O=[N+]([O-])c1ccc(COCC2CC2)cc1. The lowest BCUT2D eigenvalue weighted by Gasteiger charge is -2.02. The lowest BCUT2D eigenvalue weighted by atomic mass is 10.2. The average molecular weight is 207 g/mol. The first-order valence-electron chi connectivity index (χ1n) is 5.07. The Hall–Kier alpha value is -1.42. The van der Waals surface area contributed by atoms with Crippen molar-refractivity contribution < 1.29 is 9.66 Å². The Labute approximate surface area is 88.0 Å². The number of rotatable bonds is 5. The minimum atomic E-state index is -0.394. The maximum Gasteiger partial charge on any atom is 0.269 e. The van der Waals surface area contributed by atoms with Crippen molar-refractivity contribution in [2.75, 3.05) is 6.61 Å². The maximum atomic E-state index is 10.4. The number of nitro benzene ring substituents is 1. The summed E-state index contributed by atoms with van der Waals surface area (Å²) in [6.07, 6.45) is 2.56. The molecule has 0 atom stereocenters. The van der Waals surface area contributed by atoms with Crippen LogP contribution < -0.4 is 0 Å². The molecule has 4 nitrogen and oxygen atoms in total. The largest absolute Gasteiger partial charge is 0.376 e. The topological polar surface area (TPSA) is 52.4 Å². The number of benzene rings is 1. The van der Waals surface area contributed by atoms with Crippen LogP contribution in [0.1, 0.15) is 18.4 Å². The first-order chi connectivity index (χ1) is 7.25. The summed E-state index contributed by atoms with van der Waals surface area (Å²) in [5, 5.41) is 10.4. The molecule has 4 heteroatoms. The minimum absolute atomic E-state index is 0.126. The predicted octanol–water partition coefficient (Wildman–Crippen LogP) is 2.52. The molecule has 0 N–H and O–H groups in total. The highest BCUT2D eigenvalue weighted by Crippen LogP contribution is 2.29. The number of nitro groups is 1. The van der Waals surface area contributed by atoms with Crippen molar-refractivity contribution in [3.63, 3.8) is 0 Å². The fraction of sp³-hybridized carbons (Fsp3) is 0.455. The van der Waals surface area contributed by atoms with Crippen molar-refractivity contribution in [3.05, 3.63) is 39.9 Å².